The molecule has 0 aliphatic rings. The number of thiophene rings is 1. The minimum Gasteiger partial charge on any atom is -0.354 e. The zero-order chi connectivity index (χ0) is 14.7. The van der Waals surface area contributed by atoms with E-state index < -0.39 is 0 Å². The number of hydrogen-bond acceptors (Lipinski definition) is 8. The van der Waals surface area contributed by atoms with E-state index >= 15 is 0 Å². The molecule has 0 aliphatic heterocycles. The SMILES string of the molecule is CCCNc1nc(Sc2nncs2)c2cc(CC)sc2n1. The maximum Gasteiger partial charge on any atom is 0.225 e. The van der Waals surface area contributed by atoms with Crippen LogP contribution in [0.1, 0.15) is 25.1 Å². The van der Waals surface area contributed by atoms with Crippen LogP contribution >= 0.6 is 34.4 Å². The maximum atomic E-state index is 4.65. The number of nitrogens with one attached hydrogen (secondary N) is 1. The molecule has 5 nitrogen and oxygen atoms in total. The molecule has 0 atom stereocenters. The van der Waals surface area contributed by atoms with Crippen molar-refractivity contribution >= 4 is 50.6 Å². The van der Waals surface area contributed by atoms with E-state index in [4.69, 9.17) is 0 Å². The molecule has 0 amide bonds. The van der Waals surface area contributed by atoms with Crippen molar-refractivity contribution in [2.45, 2.75) is 36.1 Å². The van der Waals surface area contributed by atoms with Crippen molar-refractivity contribution in [1.29, 1.82) is 0 Å². The number of aryl methyl sites for hydroxylation is 1. The Bertz CT molecular complexity index is 723. The first kappa shape index (κ1) is 14.7. The van der Waals surface area contributed by atoms with Gasteiger partial charge in [-0.05, 0) is 30.7 Å². The van der Waals surface area contributed by atoms with E-state index in [-0.39, 0.29) is 0 Å². The first-order chi connectivity index (χ1) is 10.3. The molecular weight excluding hydrogens is 322 g/mol. The predicted molar refractivity (Wildman–Crippen MR) is 89.6 cm³/mol. The zero-order valence-electron chi connectivity index (χ0n) is 11.8. The smallest absolute Gasteiger partial charge is 0.225 e. The van der Waals surface area contributed by atoms with E-state index in [1.54, 1.807) is 28.6 Å². The van der Waals surface area contributed by atoms with E-state index in [0.717, 1.165) is 39.0 Å². The Hall–Kier alpha value is -1.25. The molecule has 0 radical (unpaired) electrons. The van der Waals surface area contributed by atoms with E-state index in [1.165, 1.54) is 16.2 Å². The van der Waals surface area contributed by atoms with Crippen LogP contribution in [0.25, 0.3) is 10.2 Å². The second-order valence-corrected chi connectivity index (χ2v) is 7.56. The summed E-state index contributed by atoms with van der Waals surface area (Å²) in [7, 11) is 0. The summed E-state index contributed by atoms with van der Waals surface area (Å²) in [4.78, 5) is 11.6. The average molecular weight is 337 g/mol. The largest absolute Gasteiger partial charge is 0.354 e. The average Bonchev–Trinajstić information content (AvgIpc) is 3.13. The fourth-order valence-electron chi connectivity index (χ4n) is 1.80. The van der Waals surface area contributed by atoms with Gasteiger partial charge >= 0.3 is 0 Å². The molecule has 0 saturated heterocycles. The first-order valence-corrected chi connectivity index (χ1v) is 9.29. The molecule has 0 bridgehead atoms. The molecule has 0 aliphatic carbocycles. The lowest BCUT2D eigenvalue weighted by atomic mass is 10.3. The van der Waals surface area contributed by atoms with Crippen LogP contribution < -0.4 is 5.32 Å². The highest BCUT2D eigenvalue weighted by Crippen LogP contribution is 2.36. The minimum atomic E-state index is 0.695. The Labute approximate surface area is 135 Å². The number of nitrogens with zero attached hydrogens (tertiary/aromatic N) is 4. The Morgan fingerprint density at radius 3 is 2.90 bits per heavy atom. The van der Waals surface area contributed by atoms with Gasteiger partial charge in [0.1, 0.15) is 15.4 Å². The van der Waals surface area contributed by atoms with E-state index in [2.05, 4.69) is 45.4 Å². The Morgan fingerprint density at radius 2 is 2.19 bits per heavy atom. The minimum absolute atomic E-state index is 0.695. The fourth-order valence-corrected chi connectivity index (χ4v) is 4.32. The normalized spacial score (nSPS) is 11.1. The summed E-state index contributed by atoms with van der Waals surface area (Å²) >= 11 is 4.82. The summed E-state index contributed by atoms with van der Waals surface area (Å²) in [5.74, 6) is 0.695. The van der Waals surface area contributed by atoms with Gasteiger partial charge in [0.15, 0.2) is 4.34 Å². The van der Waals surface area contributed by atoms with Crippen molar-refractivity contribution in [2.24, 2.45) is 0 Å². The predicted octanol–water partition coefficient (Wildman–Crippen LogP) is 4.08. The van der Waals surface area contributed by atoms with Crippen molar-refractivity contribution < 1.29 is 0 Å². The van der Waals surface area contributed by atoms with Gasteiger partial charge in [-0.15, -0.1) is 21.5 Å². The molecule has 3 aromatic heterocycles. The summed E-state index contributed by atoms with van der Waals surface area (Å²) in [5, 5.41) is 13.3. The number of anilines is 1. The third kappa shape index (κ3) is 3.33. The number of rotatable bonds is 6. The lowest BCUT2D eigenvalue weighted by molar-refractivity contribution is 0.946. The van der Waals surface area contributed by atoms with Crippen LogP contribution in [0.3, 0.4) is 0 Å². The molecule has 0 fully saturated rings. The van der Waals surface area contributed by atoms with Crippen LogP contribution in [0.15, 0.2) is 20.9 Å². The second-order valence-electron chi connectivity index (χ2n) is 4.37. The Balaban J connectivity index is 2.02. The lowest BCUT2D eigenvalue weighted by Gasteiger charge is -2.05. The van der Waals surface area contributed by atoms with Crippen molar-refractivity contribution in [3.05, 3.63) is 16.5 Å². The van der Waals surface area contributed by atoms with Crippen LogP contribution in [0, 0.1) is 0 Å². The van der Waals surface area contributed by atoms with Crippen molar-refractivity contribution in [3.8, 4) is 0 Å². The molecule has 110 valence electrons. The standard InChI is InChI=1S/C13H15N5S3/c1-3-5-14-12-16-10-9(6-8(4-2)20-10)11(17-12)21-13-18-15-7-19-13/h6-7H,3-5H2,1-2H3,(H,14,16,17). The highest BCUT2D eigenvalue weighted by Gasteiger charge is 2.13. The van der Waals surface area contributed by atoms with Crippen LogP contribution in [-0.4, -0.2) is 26.7 Å². The summed E-state index contributed by atoms with van der Waals surface area (Å²) < 4.78 is 0.903. The molecule has 3 rings (SSSR count). The Morgan fingerprint density at radius 1 is 1.29 bits per heavy atom. The number of fused-ring (bicyclic) bond motifs is 1. The summed E-state index contributed by atoms with van der Waals surface area (Å²) in [6, 6.07) is 2.19. The zero-order valence-corrected chi connectivity index (χ0v) is 14.2. The van der Waals surface area contributed by atoms with Gasteiger partial charge in [-0.3, -0.25) is 0 Å². The van der Waals surface area contributed by atoms with Crippen molar-refractivity contribution in [3.63, 3.8) is 0 Å². The highest BCUT2D eigenvalue weighted by atomic mass is 32.2. The van der Waals surface area contributed by atoms with Gasteiger partial charge in [-0.1, -0.05) is 25.2 Å². The van der Waals surface area contributed by atoms with Gasteiger partial charge < -0.3 is 5.32 Å². The molecule has 0 aromatic carbocycles. The third-order valence-electron chi connectivity index (χ3n) is 2.81. The molecule has 0 spiro atoms. The van der Waals surface area contributed by atoms with Gasteiger partial charge in [-0.2, -0.15) is 0 Å². The van der Waals surface area contributed by atoms with E-state index in [1.807, 2.05) is 0 Å². The van der Waals surface area contributed by atoms with Gasteiger partial charge in [0.2, 0.25) is 5.95 Å². The van der Waals surface area contributed by atoms with Gasteiger partial charge in [0.25, 0.3) is 0 Å². The fraction of sp³-hybridized carbons (Fsp3) is 0.385. The molecule has 3 aromatic rings. The lowest BCUT2D eigenvalue weighted by Crippen LogP contribution is -2.04. The molecular formula is C13H15N5S3. The number of aromatic nitrogens is 4. The quantitative estimate of drug-likeness (QED) is 0.684. The summed E-state index contributed by atoms with van der Waals surface area (Å²) in [5.41, 5.74) is 1.74. The topological polar surface area (TPSA) is 63.6 Å². The molecule has 0 saturated carbocycles. The van der Waals surface area contributed by atoms with E-state index in [9.17, 15) is 0 Å². The van der Waals surface area contributed by atoms with Crippen LogP contribution in [0.4, 0.5) is 5.95 Å². The van der Waals surface area contributed by atoms with Crippen molar-refractivity contribution in [2.75, 3.05) is 11.9 Å². The monoisotopic (exact) mass is 337 g/mol. The second kappa shape index (κ2) is 6.67. The highest BCUT2D eigenvalue weighted by molar-refractivity contribution is 8.01. The molecule has 1 N–H and O–H groups in total. The van der Waals surface area contributed by atoms with Gasteiger partial charge in [0, 0.05) is 16.8 Å². The van der Waals surface area contributed by atoms with Crippen LogP contribution in [0.5, 0.6) is 0 Å². The third-order valence-corrected chi connectivity index (χ3v) is 5.77. The number of hydrogen-bond donors (Lipinski definition) is 1. The maximum absolute atomic E-state index is 4.65. The molecule has 3 heterocycles. The molecule has 8 heteroatoms. The molecule has 0 unspecified atom stereocenters. The summed E-state index contributed by atoms with van der Waals surface area (Å²) in [6.07, 6.45) is 2.06. The van der Waals surface area contributed by atoms with Crippen LogP contribution in [-0.2, 0) is 6.42 Å². The van der Waals surface area contributed by atoms with Gasteiger partial charge in [0.05, 0.1) is 0 Å². The van der Waals surface area contributed by atoms with Crippen LogP contribution in [0.2, 0.25) is 0 Å². The summed E-state index contributed by atoms with van der Waals surface area (Å²) in [6.45, 7) is 5.16. The first-order valence-electron chi connectivity index (χ1n) is 6.78. The molecule has 21 heavy (non-hydrogen) atoms. The van der Waals surface area contributed by atoms with Crippen molar-refractivity contribution in [1.82, 2.24) is 20.2 Å². The van der Waals surface area contributed by atoms with E-state index in [0.29, 0.717) is 5.95 Å². The Kier molecular flexibility index (Phi) is 4.67. The van der Waals surface area contributed by atoms with Gasteiger partial charge in [-0.25, -0.2) is 9.97 Å².